The van der Waals surface area contributed by atoms with Gasteiger partial charge in [-0.05, 0) is 49.6 Å². The number of hydrogen-bond donors (Lipinski definition) is 2. The maximum Gasteiger partial charge on any atom is 0.255 e. The number of carbonyl (C=O) groups excluding carboxylic acids is 2. The molecule has 1 aliphatic heterocycles. The van der Waals surface area contributed by atoms with Gasteiger partial charge in [-0.2, -0.15) is 0 Å². The van der Waals surface area contributed by atoms with Crippen LogP contribution in [0.15, 0.2) is 47.4 Å². The van der Waals surface area contributed by atoms with Gasteiger partial charge in [0.05, 0.1) is 18.5 Å². The molecule has 2 aromatic carbocycles. The fraction of sp³-hybridized carbons (Fsp3) is 0.391. The normalized spacial score (nSPS) is 17.0. The van der Waals surface area contributed by atoms with Crippen molar-refractivity contribution < 1.29 is 22.7 Å². The highest BCUT2D eigenvalue weighted by Gasteiger charge is 2.27. The monoisotopic (exact) mass is 457 g/mol. The van der Waals surface area contributed by atoms with Gasteiger partial charge in [0, 0.05) is 24.6 Å². The van der Waals surface area contributed by atoms with Crippen molar-refractivity contribution in [3.05, 3.63) is 48.0 Å². The summed E-state index contributed by atoms with van der Waals surface area (Å²) in [7, 11) is -2.46. The molecule has 2 fully saturated rings. The van der Waals surface area contributed by atoms with E-state index >= 15 is 0 Å². The minimum atomic E-state index is -3.85. The molecule has 0 radical (unpaired) electrons. The third-order valence-corrected chi connectivity index (χ3v) is 7.45. The van der Waals surface area contributed by atoms with Gasteiger partial charge in [-0.25, -0.2) is 13.1 Å². The second kappa shape index (κ2) is 9.30. The summed E-state index contributed by atoms with van der Waals surface area (Å²) in [6.07, 6.45) is 4.84. The molecule has 2 aliphatic rings. The maximum absolute atomic E-state index is 13.0. The molecule has 0 atom stereocenters. The summed E-state index contributed by atoms with van der Waals surface area (Å²) in [6, 6.07) is 11.3. The number of nitrogens with zero attached hydrogens (tertiary/aromatic N) is 1. The summed E-state index contributed by atoms with van der Waals surface area (Å²) >= 11 is 0. The second-order valence-electron chi connectivity index (χ2n) is 8.09. The summed E-state index contributed by atoms with van der Waals surface area (Å²) in [4.78, 5) is 26.8. The summed E-state index contributed by atoms with van der Waals surface area (Å²) in [5.41, 5.74) is 1.31. The van der Waals surface area contributed by atoms with E-state index in [1.807, 2.05) is 6.07 Å². The van der Waals surface area contributed by atoms with Crippen LogP contribution in [0.2, 0.25) is 0 Å². The fourth-order valence-electron chi connectivity index (χ4n) is 4.27. The molecule has 1 aliphatic carbocycles. The Morgan fingerprint density at radius 1 is 1.09 bits per heavy atom. The Hall–Kier alpha value is -2.91. The first-order valence-corrected chi connectivity index (χ1v) is 12.3. The van der Waals surface area contributed by atoms with Crippen molar-refractivity contribution in [2.24, 2.45) is 0 Å². The third-order valence-electron chi connectivity index (χ3n) is 5.91. The average Bonchev–Trinajstić information content (AvgIpc) is 3.45. The van der Waals surface area contributed by atoms with Crippen LogP contribution in [0.3, 0.4) is 0 Å². The molecule has 8 nitrogen and oxygen atoms in total. The van der Waals surface area contributed by atoms with Crippen LogP contribution in [0, 0.1) is 0 Å². The summed E-state index contributed by atoms with van der Waals surface area (Å²) in [5, 5.41) is 2.82. The number of rotatable bonds is 7. The van der Waals surface area contributed by atoms with E-state index in [4.69, 9.17) is 4.74 Å². The van der Waals surface area contributed by atoms with Crippen LogP contribution in [-0.4, -0.2) is 39.9 Å². The van der Waals surface area contributed by atoms with E-state index in [0.29, 0.717) is 24.3 Å². The van der Waals surface area contributed by atoms with Crippen LogP contribution in [0.1, 0.15) is 48.9 Å². The Bertz CT molecular complexity index is 1130. The highest BCUT2D eigenvalue weighted by Crippen LogP contribution is 2.31. The molecule has 0 aromatic heterocycles. The molecule has 1 heterocycles. The fourth-order valence-corrected chi connectivity index (χ4v) is 5.77. The van der Waals surface area contributed by atoms with Gasteiger partial charge in [0.25, 0.3) is 5.91 Å². The molecule has 1 saturated heterocycles. The molecule has 9 heteroatoms. The molecular weight excluding hydrogens is 430 g/mol. The number of methoxy groups -OCH3 is 1. The van der Waals surface area contributed by atoms with Crippen molar-refractivity contribution in [1.29, 1.82) is 0 Å². The van der Waals surface area contributed by atoms with Gasteiger partial charge < -0.3 is 15.0 Å². The number of sulfonamides is 1. The Morgan fingerprint density at radius 3 is 2.53 bits per heavy atom. The number of amides is 2. The van der Waals surface area contributed by atoms with E-state index in [1.165, 1.54) is 25.3 Å². The Balaban J connectivity index is 1.60. The van der Waals surface area contributed by atoms with E-state index in [9.17, 15) is 18.0 Å². The first-order valence-electron chi connectivity index (χ1n) is 10.8. The van der Waals surface area contributed by atoms with Crippen molar-refractivity contribution in [3.8, 4) is 5.75 Å². The molecule has 2 N–H and O–H groups in total. The minimum absolute atomic E-state index is 0.0162. The van der Waals surface area contributed by atoms with E-state index in [-0.39, 0.29) is 28.2 Å². The molecule has 4 rings (SSSR count). The number of nitrogens with one attached hydrogen (secondary N) is 2. The Morgan fingerprint density at radius 2 is 1.84 bits per heavy atom. The van der Waals surface area contributed by atoms with E-state index in [1.54, 1.807) is 23.1 Å². The lowest BCUT2D eigenvalue weighted by molar-refractivity contribution is -0.117. The van der Waals surface area contributed by atoms with Crippen LogP contribution in [0.25, 0.3) is 0 Å². The van der Waals surface area contributed by atoms with Crippen LogP contribution < -0.4 is 19.7 Å². The van der Waals surface area contributed by atoms with Gasteiger partial charge in [0.15, 0.2) is 0 Å². The maximum atomic E-state index is 13.0. The van der Waals surface area contributed by atoms with Gasteiger partial charge >= 0.3 is 0 Å². The standard InChI is InChI=1S/C23H27N3O5S/c1-31-20-13-12-16(15-21(20)32(29,30)25-17-7-2-3-8-17)23(28)24-18-9-4-5-10-19(18)26-14-6-11-22(26)27/h4-5,9-10,12-13,15,17,25H,2-3,6-8,11,14H2,1H3,(H,24,28). The van der Waals surface area contributed by atoms with Gasteiger partial charge in [-0.15, -0.1) is 0 Å². The third kappa shape index (κ3) is 4.63. The lowest BCUT2D eigenvalue weighted by Gasteiger charge is -2.20. The zero-order valence-electron chi connectivity index (χ0n) is 18.0. The van der Waals surface area contributed by atoms with Crippen molar-refractivity contribution in [3.63, 3.8) is 0 Å². The number of carbonyl (C=O) groups is 2. The molecule has 1 saturated carbocycles. The number of hydrogen-bond acceptors (Lipinski definition) is 5. The largest absolute Gasteiger partial charge is 0.495 e. The topological polar surface area (TPSA) is 105 Å². The lowest BCUT2D eigenvalue weighted by atomic mass is 10.2. The van der Waals surface area contributed by atoms with Gasteiger partial charge in [-0.3, -0.25) is 9.59 Å². The highest BCUT2D eigenvalue weighted by molar-refractivity contribution is 7.89. The highest BCUT2D eigenvalue weighted by atomic mass is 32.2. The number of ether oxygens (including phenoxy) is 1. The van der Waals surface area contributed by atoms with Crippen molar-refractivity contribution in [2.75, 3.05) is 23.9 Å². The van der Waals surface area contributed by atoms with Gasteiger partial charge in [0.1, 0.15) is 10.6 Å². The number of para-hydroxylation sites is 2. The van der Waals surface area contributed by atoms with Crippen LogP contribution in [0.5, 0.6) is 5.75 Å². The van der Waals surface area contributed by atoms with Gasteiger partial charge in [0.2, 0.25) is 15.9 Å². The van der Waals surface area contributed by atoms with Crippen molar-refractivity contribution in [1.82, 2.24) is 4.72 Å². The zero-order chi connectivity index (χ0) is 22.7. The molecule has 0 bridgehead atoms. The zero-order valence-corrected chi connectivity index (χ0v) is 18.8. The SMILES string of the molecule is COc1ccc(C(=O)Nc2ccccc2N2CCCC2=O)cc1S(=O)(=O)NC1CCCC1. The summed E-state index contributed by atoms with van der Waals surface area (Å²) < 4.78 is 34.0. The van der Waals surface area contributed by atoms with E-state index in [0.717, 1.165) is 32.1 Å². The van der Waals surface area contributed by atoms with Crippen LogP contribution in [-0.2, 0) is 14.8 Å². The Labute approximate surface area is 188 Å². The Kier molecular flexibility index (Phi) is 6.48. The predicted molar refractivity (Wildman–Crippen MR) is 122 cm³/mol. The van der Waals surface area contributed by atoms with E-state index in [2.05, 4.69) is 10.0 Å². The average molecular weight is 458 g/mol. The first-order chi connectivity index (χ1) is 15.4. The molecule has 32 heavy (non-hydrogen) atoms. The van der Waals surface area contributed by atoms with Crippen molar-refractivity contribution in [2.45, 2.75) is 49.5 Å². The number of anilines is 2. The minimum Gasteiger partial charge on any atom is -0.495 e. The summed E-state index contributed by atoms with van der Waals surface area (Å²) in [5.74, 6) is -0.276. The lowest BCUT2D eigenvalue weighted by Crippen LogP contribution is -2.33. The van der Waals surface area contributed by atoms with E-state index < -0.39 is 15.9 Å². The molecule has 0 spiro atoms. The summed E-state index contributed by atoms with van der Waals surface area (Å²) in [6.45, 7) is 0.601. The molecule has 2 amide bonds. The molecule has 2 aromatic rings. The van der Waals surface area contributed by atoms with Crippen LogP contribution in [0.4, 0.5) is 11.4 Å². The first kappa shape index (κ1) is 22.3. The van der Waals surface area contributed by atoms with Gasteiger partial charge in [-0.1, -0.05) is 25.0 Å². The smallest absolute Gasteiger partial charge is 0.255 e. The van der Waals surface area contributed by atoms with Crippen LogP contribution >= 0.6 is 0 Å². The quantitative estimate of drug-likeness (QED) is 0.664. The van der Waals surface area contributed by atoms with Crippen molar-refractivity contribution >= 4 is 33.2 Å². The second-order valence-corrected chi connectivity index (χ2v) is 9.77. The number of benzene rings is 2. The molecule has 170 valence electrons. The molecule has 0 unspecified atom stereocenters. The predicted octanol–water partition coefficient (Wildman–Crippen LogP) is 3.30. The molecular formula is C23H27N3O5S.